The minimum absolute atomic E-state index is 0. The van der Waals surface area contributed by atoms with Crippen molar-refractivity contribution in [3.8, 4) is 0 Å². The summed E-state index contributed by atoms with van der Waals surface area (Å²) >= 11 is 0. The molecule has 0 aliphatic carbocycles. The van der Waals surface area contributed by atoms with Crippen molar-refractivity contribution in [2.75, 3.05) is 0 Å². The number of carbonyl (C=O) groups excluding carboxylic acids is 4. The van der Waals surface area contributed by atoms with Crippen molar-refractivity contribution in [3.05, 3.63) is 0 Å². The summed E-state index contributed by atoms with van der Waals surface area (Å²) in [5.74, 6) is -5.92. The second-order valence-electron chi connectivity index (χ2n) is 4.69. The van der Waals surface area contributed by atoms with Crippen LogP contribution in [0.15, 0.2) is 0 Å². The van der Waals surface area contributed by atoms with Crippen LogP contribution in [-0.4, -0.2) is 46.0 Å². The predicted octanol–water partition coefficient (Wildman–Crippen LogP) is 0.411. The summed E-state index contributed by atoms with van der Waals surface area (Å²) in [7, 11) is 0. The van der Waals surface area contributed by atoms with Gasteiger partial charge in [0.1, 0.15) is 0 Å². The van der Waals surface area contributed by atoms with Crippen LogP contribution in [0.2, 0.25) is 0 Å². The van der Waals surface area contributed by atoms with Crippen LogP contribution in [0.3, 0.4) is 0 Å². The van der Waals surface area contributed by atoms with E-state index < -0.39 is 61.5 Å². The first kappa shape index (κ1) is 29.2. The normalized spacial score (nSPS) is 9.08. The summed E-state index contributed by atoms with van der Waals surface area (Å²) in [6.07, 6.45) is -1.61. The zero-order valence-electron chi connectivity index (χ0n) is 14.2. The molecule has 0 atom stereocenters. The summed E-state index contributed by atoms with van der Waals surface area (Å²) in [5.41, 5.74) is 0. The molecule has 0 radical (unpaired) electrons. The third-order valence-corrected chi connectivity index (χ3v) is 2.55. The van der Waals surface area contributed by atoms with Gasteiger partial charge < -0.3 is 19.7 Å². The molecule has 0 fully saturated rings. The monoisotopic (exact) mass is 474 g/mol. The van der Waals surface area contributed by atoms with Crippen molar-refractivity contribution in [1.29, 1.82) is 0 Å². The van der Waals surface area contributed by atoms with Crippen molar-refractivity contribution in [3.63, 3.8) is 0 Å². The van der Waals surface area contributed by atoms with E-state index in [4.69, 9.17) is 10.2 Å². The van der Waals surface area contributed by atoms with Crippen molar-refractivity contribution in [2.24, 2.45) is 0 Å². The fourth-order valence-electron chi connectivity index (χ4n) is 1.41. The Hall–Kier alpha value is -1.53. The van der Waals surface area contributed by atoms with Crippen LogP contribution in [0.25, 0.3) is 0 Å². The minimum Gasteiger partial charge on any atom is -0.481 e. The maximum Gasteiger partial charge on any atom is 0.314 e. The average molecular weight is 477 g/mol. The van der Waals surface area contributed by atoms with E-state index >= 15 is 0 Å². The molecule has 2 N–H and O–H groups in total. The summed E-state index contributed by atoms with van der Waals surface area (Å²) in [6.45, 7) is 0. The van der Waals surface area contributed by atoms with Crippen LogP contribution < -0.4 is 0 Å². The Labute approximate surface area is 174 Å². The van der Waals surface area contributed by atoms with E-state index in [1.165, 1.54) is 0 Å². The van der Waals surface area contributed by atoms with Crippen LogP contribution >= 0.6 is 0 Å². The van der Waals surface area contributed by atoms with E-state index in [0.717, 1.165) is 0 Å². The smallest absolute Gasteiger partial charge is 0.314 e. The van der Waals surface area contributed by atoms with Gasteiger partial charge in [-0.05, 0) is 12.8 Å². The first-order valence-corrected chi connectivity index (χ1v) is 7.11. The van der Waals surface area contributed by atoms with Crippen molar-refractivity contribution in [1.82, 2.24) is 0 Å². The van der Waals surface area contributed by atoms with Crippen molar-refractivity contribution >= 4 is 35.8 Å². The SMILES string of the molecule is O=C(O)CCC(=O)OC(=O)CCCCC(=O)OC(=O)CCC(=O)O.[Zn].[Zn]. The van der Waals surface area contributed by atoms with Crippen LogP contribution in [-0.2, 0) is 77.2 Å². The van der Waals surface area contributed by atoms with Crippen LogP contribution in [0.1, 0.15) is 51.4 Å². The third-order valence-electron chi connectivity index (χ3n) is 2.55. The second kappa shape index (κ2) is 16.9. The zero-order chi connectivity index (χ0) is 18.5. The molecule has 0 aliphatic rings. The first-order chi connectivity index (χ1) is 11.2. The summed E-state index contributed by atoms with van der Waals surface area (Å²) < 4.78 is 8.72. The van der Waals surface area contributed by atoms with Crippen LogP contribution in [0.5, 0.6) is 0 Å². The summed E-state index contributed by atoms with van der Waals surface area (Å²) in [5, 5.41) is 16.7. The Morgan fingerprint density at radius 2 is 0.769 bits per heavy atom. The standard InChI is InChI=1S/C14H18O10.2Zn/c15-9(16)5-7-13(21)23-11(19)3-1-2-4-12(20)24-14(22)8-6-10(17)18;;/h1-8H2,(H,15,16)(H,17,18);;. The maximum atomic E-state index is 11.3. The summed E-state index contributed by atoms with van der Waals surface area (Å²) in [4.78, 5) is 65.1. The van der Waals surface area contributed by atoms with E-state index in [9.17, 15) is 28.8 Å². The molecule has 0 spiro atoms. The molecular weight excluding hydrogens is 459 g/mol. The van der Waals surface area contributed by atoms with Gasteiger partial charge in [0.05, 0.1) is 25.7 Å². The number of hydrogen-bond donors (Lipinski definition) is 2. The topological polar surface area (TPSA) is 161 Å². The number of ether oxygens (including phenoxy) is 2. The van der Waals surface area contributed by atoms with Gasteiger partial charge in [-0.15, -0.1) is 0 Å². The van der Waals surface area contributed by atoms with Crippen molar-refractivity contribution < 1.29 is 87.4 Å². The van der Waals surface area contributed by atoms with Gasteiger partial charge >= 0.3 is 35.8 Å². The molecule has 0 amide bonds. The molecule has 26 heavy (non-hydrogen) atoms. The van der Waals surface area contributed by atoms with Gasteiger partial charge in [0.25, 0.3) is 0 Å². The fraction of sp³-hybridized carbons (Fsp3) is 0.571. The number of carboxylic acid groups (broad SMARTS) is 2. The van der Waals surface area contributed by atoms with Gasteiger partial charge in [0.15, 0.2) is 0 Å². The van der Waals surface area contributed by atoms with Gasteiger partial charge in [0, 0.05) is 51.8 Å². The molecule has 0 bridgehead atoms. The van der Waals surface area contributed by atoms with E-state index in [-0.39, 0.29) is 64.6 Å². The second-order valence-corrected chi connectivity index (χ2v) is 4.69. The molecule has 0 saturated heterocycles. The molecule has 0 aromatic heterocycles. The predicted molar refractivity (Wildman–Crippen MR) is 74.4 cm³/mol. The third kappa shape index (κ3) is 18.8. The van der Waals surface area contributed by atoms with E-state index in [1.807, 2.05) is 0 Å². The Kier molecular flexibility index (Phi) is 19.0. The number of aliphatic carboxylic acids is 2. The molecule has 0 aromatic carbocycles. The first-order valence-electron chi connectivity index (χ1n) is 7.11. The molecule has 0 heterocycles. The molecular formula is C14H18O10Zn2. The Morgan fingerprint density at radius 1 is 0.500 bits per heavy atom. The molecule has 10 nitrogen and oxygen atoms in total. The van der Waals surface area contributed by atoms with E-state index in [1.54, 1.807) is 0 Å². The fourth-order valence-corrected chi connectivity index (χ4v) is 1.41. The van der Waals surface area contributed by atoms with Gasteiger partial charge in [0.2, 0.25) is 0 Å². The summed E-state index contributed by atoms with van der Waals surface area (Å²) in [6, 6.07) is 0. The van der Waals surface area contributed by atoms with Crippen molar-refractivity contribution in [2.45, 2.75) is 51.4 Å². The van der Waals surface area contributed by atoms with E-state index in [2.05, 4.69) is 9.47 Å². The molecule has 0 unspecified atom stereocenters. The number of rotatable bonds is 11. The quantitative estimate of drug-likeness (QED) is 0.185. The number of esters is 4. The number of unbranched alkanes of at least 4 members (excludes halogenated alkanes) is 1. The Morgan fingerprint density at radius 3 is 1.04 bits per heavy atom. The average Bonchev–Trinajstić information content (AvgIpc) is 2.47. The molecule has 0 aliphatic heterocycles. The molecule has 12 heteroatoms. The van der Waals surface area contributed by atoms with Gasteiger partial charge in [-0.2, -0.15) is 0 Å². The van der Waals surface area contributed by atoms with Crippen LogP contribution in [0, 0.1) is 0 Å². The zero-order valence-corrected chi connectivity index (χ0v) is 20.2. The molecule has 138 valence electrons. The number of hydrogen-bond acceptors (Lipinski definition) is 8. The molecule has 0 saturated carbocycles. The van der Waals surface area contributed by atoms with Gasteiger partial charge in [-0.1, -0.05) is 0 Å². The van der Waals surface area contributed by atoms with Gasteiger partial charge in [-0.3, -0.25) is 28.8 Å². The Balaban J connectivity index is -0.00000264. The van der Waals surface area contributed by atoms with Gasteiger partial charge in [-0.25, -0.2) is 0 Å². The Bertz CT molecular complexity index is 472. The molecule has 0 aromatic rings. The molecule has 0 rings (SSSR count). The number of carboxylic acids is 2. The largest absolute Gasteiger partial charge is 0.481 e. The number of carbonyl (C=O) groups is 6. The maximum absolute atomic E-state index is 11.3. The minimum atomic E-state index is -1.18. The van der Waals surface area contributed by atoms with Crippen LogP contribution in [0.4, 0.5) is 0 Å². The van der Waals surface area contributed by atoms with E-state index in [0.29, 0.717) is 0 Å².